The van der Waals surface area contributed by atoms with Gasteiger partial charge in [-0.05, 0) is 82.7 Å². The number of rotatable bonds is 6. The van der Waals surface area contributed by atoms with Crippen LogP contribution in [0.5, 0.6) is 0 Å². The Kier molecular flexibility index (Phi) is 6.97. The van der Waals surface area contributed by atoms with Gasteiger partial charge in [-0.15, -0.1) is 0 Å². The average molecular weight is 448 g/mol. The number of sulfone groups is 1. The molecule has 1 saturated heterocycles. The number of hydrogen-bond acceptors (Lipinski definition) is 6. The molecule has 31 heavy (non-hydrogen) atoms. The molecule has 170 valence electrons. The van der Waals surface area contributed by atoms with Crippen molar-refractivity contribution in [3.63, 3.8) is 0 Å². The van der Waals surface area contributed by atoms with E-state index in [1.54, 1.807) is 4.90 Å². The van der Waals surface area contributed by atoms with E-state index in [1.165, 1.54) is 24.3 Å². The smallest absolute Gasteiger partial charge is 0.410 e. The van der Waals surface area contributed by atoms with E-state index < -0.39 is 15.4 Å². The molecule has 2 bridgehead atoms. The highest BCUT2D eigenvalue weighted by Crippen LogP contribution is 2.40. The Labute approximate surface area is 185 Å². The molecule has 1 aliphatic carbocycles. The summed E-state index contributed by atoms with van der Waals surface area (Å²) in [7, 11) is -1.52. The van der Waals surface area contributed by atoms with Crippen LogP contribution in [0.25, 0.3) is 0 Å². The van der Waals surface area contributed by atoms with Crippen molar-refractivity contribution in [2.24, 2.45) is 11.8 Å². The zero-order valence-corrected chi connectivity index (χ0v) is 19.7. The molecule has 7 nitrogen and oxygen atoms in total. The third kappa shape index (κ3) is 5.78. The number of ether oxygens (including phenoxy) is 1. The molecule has 0 aromatic heterocycles. The van der Waals surface area contributed by atoms with Crippen molar-refractivity contribution in [3.05, 3.63) is 29.8 Å². The Morgan fingerprint density at radius 3 is 2.29 bits per heavy atom. The first kappa shape index (κ1) is 23.6. The summed E-state index contributed by atoms with van der Waals surface area (Å²) in [5.74, 6) is 0.879. The molecular formula is C23H33N3O4S. The molecule has 2 fully saturated rings. The standard InChI is InChI=1S/C23H33N3O4S/c1-23(2,3)30-22(27)25(4)21-18-8-9-19(21)16-26(15-18)12-5-13-31(28,29)20-10-6-17(14-24)7-11-20/h6-7,10-11,18-19,21H,5,8-9,12-13,15-16H2,1-4H3. The third-order valence-electron chi connectivity index (χ3n) is 6.22. The van der Waals surface area contributed by atoms with Crippen LogP contribution < -0.4 is 0 Å². The van der Waals surface area contributed by atoms with Crippen LogP contribution in [0.2, 0.25) is 0 Å². The molecule has 0 spiro atoms. The van der Waals surface area contributed by atoms with Gasteiger partial charge in [-0.1, -0.05) is 0 Å². The second kappa shape index (κ2) is 9.17. The lowest BCUT2D eigenvalue weighted by Crippen LogP contribution is -2.54. The lowest BCUT2D eigenvalue weighted by Gasteiger charge is -2.42. The highest BCUT2D eigenvalue weighted by atomic mass is 32.2. The Balaban J connectivity index is 1.52. The van der Waals surface area contributed by atoms with Gasteiger partial charge in [0.15, 0.2) is 9.84 Å². The fourth-order valence-electron chi connectivity index (χ4n) is 4.89. The first-order valence-corrected chi connectivity index (χ1v) is 12.6. The molecule has 1 amide bonds. The summed E-state index contributed by atoms with van der Waals surface area (Å²) < 4.78 is 30.7. The lowest BCUT2D eigenvalue weighted by atomic mass is 9.91. The van der Waals surface area contributed by atoms with E-state index in [1.807, 2.05) is 33.9 Å². The van der Waals surface area contributed by atoms with Crippen LogP contribution in [0.1, 0.15) is 45.6 Å². The summed E-state index contributed by atoms with van der Waals surface area (Å²) >= 11 is 0. The molecule has 1 heterocycles. The van der Waals surface area contributed by atoms with Crippen LogP contribution in [0.3, 0.4) is 0 Å². The monoisotopic (exact) mass is 447 g/mol. The minimum absolute atomic E-state index is 0.0893. The fourth-order valence-corrected chi connectivity index (χ4v) is 6.19. The van der Waals surface area contributed by atoms with Crippen LogP contribution >= 0.6 is 0 Å². The van der Waals surface area contributed by atoms with E-state index in [-0.39, 0.29) is 22.8 Å². The van der Waals surface area contributed by atoms with Crippen LogP contribution in [-0.4, -0.2) is 68.4 Å². The van der Waals surface area contributed by atoms with Gasteiger partial charge in [0.25, 0.3) is 0 Å². The number of amides is 1. The maximum absolute atomic E-state index is 12.6. The number of hydrogen-bond donors (Lipinski definition) is 0. The van der Waals surface area contributed by atoms with E-state index in [9.17, 15) is 13.2 Å². The predicted octanol–water partition coefficient (Wildman–Crippen LogP) is 3.30. The number of benzene rings is 1. The minimum atomic E-state index is -3.36. The maximum atomic E-state index is 12.6. The summed E-state index contributed by atoms with van der Waals surface area (Å²) in [6.45, 7) is 8.12. The minimum Gasteiger partial charge on any atom is -0.444 e. The SMILES string of the molecule is CN(C(=O)OC(C)(C)C)C1C2CCC1CN(CCCS(=O)(=O)c1ccc(C#N)cc1)C2. The number of carbonyl (C=O) groups is 1. The van der Waals surface area contributed by atoms with Gasteiger partial charge in [-0.2, -0.15) is 5.26 Å². The molecule has 2 atom stereocenters. The summed E-state index contributed by atoms with van der Waals surface area (Å²) in [6, 6.07) is 8.28. The summed E-state index contributed by atoms with van der Waals surface area (Å²) in [5.41, 5.74) is -0.0560. The van der Waals surface area contributed by atoms with Gasteiger partial charge in [0, 0.05) is 26.2 Å². The number of fused-ring (bicyclic) bond motifs is 2. The average Bonchev–Trinajstić information content (AvgIpc) is 2.96. The van der Waals surface area contributed by atoms with E-state index in [2.05, 4.69) is 4.90 Å². The second-order valence-corrected chi connectivity index (χ2v) is 11.9. The van der Waals surface area contributed by atoms with Gasteiger partial charge >= 0.3 is 6.09 Å². The first-order chi connectivity index (χ1) is 14.5. The van der Waals surface area contributed by atoms with Crippen molar-refractivity contribution in [1.29, 1.82) is 5.26 Å². The van der Waals surface area contributed by atoms with Gasteiger partial charge in [0.05, 0.1) is 22.3 Å². The third-order valence-corrected chi connectivity index (χ3v) is 8.03. The molecule has 1 saturated carbocycles. The van der Waals surface area contributed by atoms with Gasteiger partial charge in [-0.25, -0.2) is 13.2 Å². The second-order valence-electron chi connectivity index (χ2n) is 9.75. The Morgan fingerprint density at radius 2 is 1.77 bits per heavy atom. The molecule has 0 radical (unpaired) electrons. The lowest BCUT2D eigenvalue weighted by molar-refractivity contribution is 0.000984. The molecule has 2 unspecified atom stereocenters. The molecule has 1 aromatic rings. The van der Waals surface area contributed by atoms with Crippen molar-refractivity contribution < 1.29 is 17.9 Å². The zero-order chi connectivity index (χ0) is 22.8. The van der Waals surface area contributed by atoms with Gasteiger partial charge < -0.3 is 14.5 Å². The van der Waals surface area contributed by atoms with E-state index in [4.69, 9.17) is 10.00 Å². The van der Waals surface area contributed by atoms with E-state index in [0.717, 1.165) is 32.5 Å². The van der Waals surface area contributed by atoms with E-state index >= 15 is 0 Å². The molecule has 8 heteroatoms. The van der Waals surface area contributed by atoms with Crippen LogP contribution in [-0.2, 0) is 14.6 Å². The summed E-state index contributed by atoms with van der Waals surface area (Å²) in [5, 5.41) is 8.86. The Morgan fingerprint density at radius 1 is 1.19 bits per heavy atom. The van der Waals surface area contributed by atoms with Crippen LogP contribution in [0, 0.1) is 23.2 Å². The predicted molar refractivity (Wildman–Crippen MR) is 118 cm³/mol. The molecule has 1 aliphatic heterocycles. The number of nitrogens with zero attached hydrogens (tertiary/aromatic N) is 3. The molecular weight excluding hydrogens is 414 g/mol. The van der Waals surface area contributed by atoms with Crippen molar-refractivity contribution in [2.75, 3.05) is 32.4 Å². The maximum Gasteiger partial charge on any atom is 0.410 e. The summed E-state index contributed by atoms with van der Waals surface area (Å²) in [4.78, 5) is 16.9. The highest BCUT2D eigenvalue weighted by molar-refractivity contribution is 7.91. The van der Waals surface area contributed by atoms with Crippen molar-refractivity contribution in [1.82, 2.24) is 9.80 Å². The molecule has 2 aliphatic rings. The molecule has 3 rings (SSSR count). The molecule has 1 aromatic carbocycles. The van der Waals surface area contributed by atoms with E-state index in [0.29, 0.717) is 23.8 Å². The van der Waals surface area contributed by atoms with Crippen molar-refractivity contribution >= 4 is 15.9 Å². The quantitative estimate of drug-likeness (QED) is 0.665. The van der Waals surface area contributed by atoms with Crippen LogP contribution in [0.4, 0.5) is 4.79 Å². The first-order valence-electron chi connectivity index (χ1n) is 10.9. The van der Waals surface area contributed by atoms with Crippen LogP contribution in [0.15, 0.2) is 29.2 Å². The van der Waals surface area contributed by atoms with Crippen molar-refractivity contribution in [2.45, 2.75) is 56.6 Å². The van der Waals surface area contributed by atoms with Crippen molar-refractivity contribution in [3.8, 4) is 6.07 Å². The normalized spacial score (nSPS) is 23.9. The number of carbonyl (C=O) groups excluding carboxylic acids is 1. The topological polar surface area (TPSA) is 90.7 Å². The summed E-state index contributed by atoms with van der Waals surface area (Å²) in [6.07, 6.45) is 2.47. The Bertz CT molecular complexity index is 917. The molecule has 0 N–H and O–H groups in total. The van der Waals surface area contributed by atoms with Gasteiger partial charge in [-0.3, -0.25) is 0 Å². The number of piperidine rings is 1. The number of nitriles is 1. The Hall–Kier alpha value is -2.11. The largest absolute Gasteiger partial charge is 0.444 e. The fraction of sp³-hybridized carbons (Fsp3) is 0.652. The van der Waals surface area contributed by atoms with Gasteiger partial charge in [0.1, 0.15) is 5.60 Å². The zero-order valence-electron chi connectivity index (χ0n) is 18.9. The highest BCUT2D eigenvalue weighted by Gasteiger charge is 2.45. The van der Waals surface area contributed by atoms with Gasteiger partial charge in [0.2, 0.25) is 0 Å². The number of likely N-dealkylation sites (tertiary alicyclic amines) is 1.